The number of benzene rings is 1. The van der Waals surface area contributed by atoms with Crippen LogP contribution in [-0.2, 0) is 0 Å². The third-order valence-electron chi connectivity index (χ3n) is 3.12. The number of hydrogen-bond acceptors (Lipinski definition) is 4. The molecule has 1 aromatic rings. The first-order valence-electron chi connectivity index (χ1n) is 5.81. The fraction of sp³-hybridized carbons (Fsp3) is 0.538. The third-order valence-corrected chi connectivity index (χ3v) is 3.12. The minimum Gasteiger partial charge on any atom is -0.493 e. The Morgan fingerprint density at radius 3 is 2.35 bits per heavy atom. The second-order valence-corrected chi connectivity index (χ2v) is 4.19. The van der Waals surface area contributed by atoms with Gasteiger partial charge in [-0.05, 0) is 25.6 Å². The summed E-state index contributed by atoms with van der Waals surface area (Å²) in [6.45, 7) is 0.697. The smallest absolute Gasteiger partial charge is 0.203 e. The van der Waals surface area contributed by atoms with Crippen LogP contribution >= 0.6 is 0 Å². The van der Waals surface area contributed by atoms with Crippen LogP contribution in [0.1, 0.15) is 6.42 Å². The molecule has 94 valence electrons. The van der Waals surface area contributed by atoms with E-state index in [9.17, 15) is 0 Å². The Balaban J connectivity index is 2.03. The minimum absolute atomic E-state index is 0.592. The molecule has 1 saturated carbocycles. The topological polar surface area (TPSA) is 39.7 Å². The Hall–Kier alpha value is -1.42. The zero-order valence-electron chi connectivity index (χ0n) is 10.5. The summed E-state index contributed by atoms with van der Waals surface area (Å²) in [5.74, 6) is 2.71. The first-order chi connectivity index (χ1) is 8.30. The van der Waals surface area contributed by atoms with Crippen LogP contribution < -0.4 is 19.5 Å². The zero-order valence-corrected chi connectivity index (χ0v) is 10.5. The second-order valence-electron chi connectivity index (χ2n) is 4.19. The maximum atomic E-state index is 5.82. The Morgan fingerprint density at radius 1 is 1.24 bits per heavy atom. The van der Waals surface area contributed by atoms with Gasteiger partial charge in [0, 0.05) is 12.0 Å². The van der Waals surface area contributed by atoms with Crippen molar-refractivity contribution in [2.24, 2.45) is 5.92 Å². The summed E-state index contributed by atoms with van der Waals surface area (Å²) < 4.78 is 16.4. The lowest BCUT2D eigenvalue weighted by Crippen LogP contribution is -2.14. The molecule has 17 heavy (non-hydrogen) atoms. The van der Waals surface area contributed by atoms with Gasteiger partial charge in [0.15, 0.2) is 11.5 Å². The Bertz CT molecular complexity index is 359. The molecule has 0 heterocycles. The number of methoxy groups -OCH3 is 2. The normalized spacial score (nSPS) is 22.1. The number of para-hydroxylation sites is 1. The molecule has 1 aromatic carbocycles. The number of hydrogen-bond donors (Lipinski definition) is 1. The van der Waals surface area contributed by atoms with Crippen molar-refractivity contribution < 1.29 is 14.2 Å². The van der Waals surface area contributed by atoms with Gasteiger partial charge in [-0.3, -0.25) is 0 Å². The van der Waals surface area contributed by atoms with Crippen LogP contribution in [0.25, 0.3) is 0 Å². The van der Waals surface area contributed by atoms with Gasteiger partial charge in [-0.2, -0.15) is 0 Å². The molecule has 0 bridgehead atoms. The van der Waals surface area contributed by atoms with Crippen molar-refractivity contribution in [1.82, 2.24) is 5.32 Å². The summed E-state index contributed by atoms with van der Waals surface area (Å²) in [6, 6.07) is 6.23. The molecule has 2 unspecified atom stereocenters. The maximum absolute atomic E-state index is 5.82. The highest BCUT2D eigenvalue weighted by Crippen LogP contribution is 2.39. The molecule has 2 rings (SSSR count). The summed E-state index contributed by atoms with van der Waals surface area (Å²) in [6.07, 6.45) is 1.17. The van der Waals surface area contributed by atoms with E-state index >= 15 is 0 Å². The Kier molecular flexibility index (Phi) is 3.74. The molecule has 4 heteroatoms. The largest absolute Gasteiger partial charge is 0.493 e. The van der Waals surface area contributed by atoms with E-state index in [1.165, 1.54) is 6.42 Å². The van der Waals surface area contributed by atoms with Crippen molar-refractivity contribution >= 4 is 0 Å². The van der Waals surface area contributed by atoms with Gasteiger partial charge >= 0.3 is 0 Å². The van der Waals surface area contributed by atoms with Crippen LogP contribution in [0.2, 0.25) is 0 Å². The molecule has 0 aliphatic heterocycles. The lowest BCUT2D eigenvalue weighted by Gasteiger charge is -2.13. The fourth-order valence-corrected chi connectivity index (χ4v) is 1.94. The molecular weight excluding hydrogens is 218 g/mol. The van der Waals surface area contributed by atoms with Crippen LogP contribution in [0.5, 0.6) is 17.2 Å². The summed E-state index contributed by atoms with van der Waals surface area (Å²) in [5, 5.41) is 3.24. The average molecular weight is 237 g/mol. The second kappa shape index (κ2) is 5.27. The summed E-state index contributed by atoms with van der Waals surface area (Å²) >= 11 is 0. The highest BCUT2D eigenvalue weighted by Gasteiger charge is 2.36. The highest BCUT2D eigenvalue weighted by molar-refractivity contribution is 5.51. The zero-order chi connectivity index (χ0) is 12.3. The summed E-state index contributed by atoms with van der Waals surface area (Å²) in [5.41, 5.74) is 0. The number of rotatable bonds is 6. The SMILES string of the molecule is CNC1CC1COc1c(OC)cccc1OC. The van der Waals surface area contributed by atoms with Gasteiger partial charge in [-0.15, -0.1) is 0 Å². The van der Waals surface area contributed by atoms with Gasteiger partial charge in [0.05, 0.1) is 20.8 Å². The van der Waals surface area contributed by atoms with Crippen molar-refractivity contribution in [3.8, 4) is 17.2 Å². The van der Waals surface area contributed by atoms with Gasteiger partial charge < -0.3 is 19.5 Å². The van der Waals surface area contributed by atoms with Crippen molar-refractivity contribution in [3.63, 3.8) is 0 Å². The minimum atomic E-state index is 0.592. The average Bonchev–Trinajstić information content (AvgIpc) is 3.14. The molecule has 0 saturated heterocycles. The van der Waals surface area contributed by atoms with Gasteiger partial charge in [0.25, 0.3) is 0 Å². The van der Waals surface area contributed by atoms with E-state index in [0.29, 0.717) is 35.8 Å². The molecule has 0 spiro atoms. The Morgan fingerprint density at radius 2 is 1.88 bits per heavy atom. The third kappa shape index (κ3) is 2.64. The van der Waals surface area contributed by atoms with Crippen molar-refractivity contribution in [2.45, 2.75) is 12.5 Å². The molecule has 1 aliphatic rings. The van der Waals surface area contributed by atoms with Crippen molar-refractivity contribution in [3.05, 3.63) is 18.2 Å². The van der Waals surface area contributed by atoms with Gasteiger partial charge in [-0.1, -0.05) is 6.07 Å². The predicted molar refractivity (Wildman–Crippen MR) is 66.0 cm³/mol. The molecule has 0 aromatic heterocycles. The van der Waals surface area contributed by atoms with Crippen molar-refractivity contribution in [1.29, 1.82) is 0 Å². The lowest BCUT2D eigenvalue weighted by atomic mass is 10.3. The standard InChI is InChI=1S/C13H19NO3/c1-14-10-7-9(10)8-17-13-11(15-2)5-4-6-12(13)16-3/h4-6,9-10,14H,7-8H2,1-3H3. The quantitative estimate of drug-likeness (QED) is 0.817. The summed E-state index contributed by atoms with van der Waals surface area (Å²) in [4.78, 5) is 0. The molecule has 0 amide bonds. The number of ether oxygens (including phenoxy) is 3. The van der Waals surface area contributed by atoms with Gasteiger partial charge in [0.2, 0.25) is 5.75 Å². The molecule has 2 atom stereocenters. The monoisotopic (exact) mass is 237 g/mol. The molecule has 1 aliphatic carbocycles. The lowest BCUT2D eigenvalue weighted by molar-refractivity contribution is 0.260. The van der Waals surface area contributed by atoms with Crippen LogP contribution in [0.4, 0.5) is 0 Å². The molecule has 1 fully saturated rings. The first-order valence-corrected chi connectivity index (χ1v) is 5.81. The van der Waals surface area contributed by atoms with Crippen LogP contribution in [-0.4, -0.2) is 33.9 Å². The van der Waals surface area contributed by atoms with E-state index in [4.69, 9.17) is 14.2 Å². The molecule has 0 radical (unpaired) electrons. The van der Waals surface area contributed by atoms with Crippen LogP contribution in [0, 0.1) is 5.92 Å². The molecule has 1 N–H and O–H groups in total. The van der Waals surface area contributed by atoms with E-state index in [-0.39, 0.29) is 0 Å². The Labute approximate surface area is 102 Å². The predicted octanol–water partition coefficient (Wildman–Crippen LogP) is 1.69. The van der Waals surface area contributed by atoms with Gasteiger partial charge in [0.1, 0.15) is 0 Å². The van der Waals surface area contributed by atoms with Crippen LogP contribution in [0.15, 0.2) is 18.2 Å². The molecule has 4 nitrogen and oxygen atoms in total. The van der Waals surface area contributed by atoms with E-state index in [2.05, 4.69) is 5.32 Å². The van der Waals surface area contributed by atoms with Gasteiger partial charge in [-0.25, -0.2) is 0 Å². The number of nitrogens with one attached hydrogen (secondary N) is 1. The summed E-state index contributed by atoms with van der Waals surface area (Å²) in [7, 11) is 5.25. The van der Waals surface area contributed by atoms with E-state index in [1.807, 2.05) is 25.2 Å². The fourth-order valence-electron chi connectivity index (χ4n) is 1.94. The maximum Gasteiger partial charge on any atom is 0.203 e. The molecular formula is C13H19NO3. The van der Waals surface area contributed by atoms with E-state index in [0.717, 1.165) is 0 Å². The van der Waals surface area contributed by atoms with Crippen molar-refractivity contribution in [2.75, 3.05) is 27.9 Å². The van der Waals surface area contributed by atoms with E-state index in [1.54, 1.807) is 14.2 Å². The first kappa shape index (κ1) is 12.0. The van der Waals surface area contributed by atoms with E-state index < -0.39 is 0 Å². The highest BCUT2D eigenvalue weighted by atomic mass is 16.5. The van der Waals surface area contributed by atoms with Crippen LogP contribution in [0.3, 0.4) is 0 Å².